The molecule has 30 heavy (non-hydrogen) atoms. The molecule has 1 aliphatic rings. The Balaban J connectivity index is 1.60. The Bertz CT molecular complexity index is 1270. The lowest BCUT2D eigenvalue weighted by molar-refractivity contribution is -0.136. The van der Waals surface area contributed by atoms with Crippen molar-refractivity contribution < 1.29 is 22.3 Å². The lowest BCUT2D eigenvalue weighted by Crippen LogP contribution is -2.48. The minimum absolute atomic E-state index is 0.201. The van der Waals surface area contributed by atoms with E-state index in [0.29, 0.717) is 31.2 Å². The molecule has 7 nitrogen and oxygen atoms in total. The van der Waals surface area contributed by atoms with E-state index >= 15 is 0 Å². The van der Waals surface area contributed by atoms with Gasteiger partial charge in [0.1, 0.15) is 0 Å². The molecule has 154 valence electrons. The molecule has 1 aliphatic heterocycles. The average molecular weight is 416 g/mol. The summed E-state index contributed by atoms with van der Waals surface area (Å²) in [5.41, 5.74) is -0.703. The fourth-order valence-corrected chi connectivity index (χ4v) is 3.80. The molecule has 0 unspecified atom stereocenters. The number of aromatic nitrogens is 4. The highest BCUT2D eigenvalue weighted by Crippen LogP contribution is 2.36. The van der Waals surface area contributed by atoms with Crippen LogP contribution in [0.25, 0.3) is 11.2 Å². The highest BCUT2D eigenvalue weighted by Gasteiger charge is 2.42. The van der Waals surface area contributed by atoms with Crippen molar-refractivity contribution in [1.29, 1.82) is 0 Å². The van der Waals surface area contributed by atoms with Gasteiger partial charge < -0.3 is 9.15 Å². The van der Waals surface area contributed by atoms with Crippen LogP contribution in [0.3, 0.4) is 0 Å². The lowest BCUT2D eigenvalue weighted by Gasteiger charge is -2.41. The van der Waals surface area contributed by atoms with Crippen molar-refractivity contribution in [2.45, 2.75) is 18.0 Å². The first-order valence-electron chi connectivity index (χ1n) is 9.11. The number of fused-ring (bicyclic) bond motifs is 1. The van der Waals surface area contributed by atoms with Crippen LogP contribution >= 0.6 is 0 Å². The summed E-state index contributed by atoms with van der Waals surface area (Å²) in [6.07, 6.45) is -0.314. The Hall–Kier alpha value is -3.40. The van der Waals surface area contributed by atoms with Gasteiger partial charge in [-0.2, -0.15) is 13.2 Å². The largest absolute Gasteiger partial charge is 0.428 e. The van der Waals surface area contributed by atoms with Crippen LogP contribution in [0.1, 0.15) is 17.0 Å². The Morgan fingerprint density at radius 3 is 2.67 bits per heavy atom. The molecule has 0 spiro atoms. The highest BCUT2D eigenvalue weighted by atomic mass is 19.4. The van der Waals surface area contributed by atoms with Gasteiger partial charge in [0, 0.05) is 18.8 Å². The number of halogens is 3. The number of alkyl halides is 3. The minimum atomic E-state index is -4.57. The molecular weight excluding hydrogens is 401 g/mol. The lowest BCUT2D eigenvalue weighted by atomic mass is 9.75. The summed E-state index contributed by atoms with van der Waals surface area (Å²) in [5, 5.41) is 7.62. The van der Waals surface area contributed by atoms with Gasteiger partial charge in [-0.05, 0) is 29.8 Å². The van der Waals surface area contributed by atoms with Gasteiger partial charge >= 0.3 is 11.9 Å². The van der Waals surface area contributed by atoms with Crippen LogP contribution in [0.2, 0.25) is 0 Å². The summed E-state index contributed by atoms with van der Waals surface area (Å²) in [7, 11) is 0. The van der Waals surface area contributed by atoms with Crippen molar-refractivity contribution in [3.8, 4) is 5.69 Å². The summed E-state index contributed by atoms with van der Waals surface area (Å²) in [6.45, 7) is 0.868. The quantitative estimate of drug-likeness (QED) is 0.511. The zero-order chi connectivity index (χ0) is 20.9. The molecule has 0 atom stereocenters. The molecule has 4 aromatic rings. The van der Waals surface area contributed by atoms with E-state index in [9.17, 15) is 18.0 Å². The molecule has 5 rings (SSSR count). The number of rotatable bonds is 4. The predicted molar refractivity (Wildman–Crippen MR) is 98.5 cm³/mol. The van der Waals surface area contributed by atoms with Crippen molar-refractivity contribution in [3.05, 3.63) is 82.7 Å². The monoisotopic (exact) mass is 416 g/mol. The average Bonchev–Trinajstić information content (AvgIpc) is 3.32. The summed E-state index contributed by atoms with van der Waals surface area (Å²) in [5.74, 6) is 0.463. The third-order valence-electron chi connectivity index (χ3n) is 5.39. The van der Waals surface area contributed by atoms with Crippen LogP contribution < -0.4 is 5.69 Å². The smallest absolute Gasteiger partial charge is 0.418 e. The summed E-state index contributed by atoms with van der Waals surface area (Å²) < 4.78 is 53.0. The summed E-state index contributed by atoms with van der Waals surface area (Å²) in [4.78, 5) is 12.8. The first kappa shape index (κ1) is 18.6. The van der Waals surface area contributed by atoms with Gasteiger partial charge in [-0.1, -0.05) is 12.1 Å². The van der Waals surface area contributed by atoms with Crippen LogP contribution in [0.4, 0.5) is 13.2 Å². The number of benzene rings is 1. The van der Waals surface area contributed by atoms with E-state index in [4.69, 9.17) is 9.15 Å². The number of hydrogen-bond donors (Lipinski definition) is 0. The fraction of sp³-hybridized carbons (Fsp3) is 0.250. The Morgan fingerprint density at radius 1 is 1.17 bits per heavy atom. The molecule has 10 heteroatoms. The minimum Gasteiger partial charge on any atom is -0.428 e. The second kappa shape index (κ2) is 6.56. The molecule has 0 bridgehead atoms. The Kier molecular flexibility index (Phi) is 4.07. The molecule has 0 amide bonds. The predicted octanol–water partition coefficient (Wildman–Crippen LogP) is 3.00. The molecule has 1 fully saturated rings. The Morgan fingerprint density at radius 2 is 2.00 bits per heavy atom. The second-order valence-corrected chi connectivity index (χ2v) is 7.29. The molecule has 1 aromatic carbocycles. The third kappa shape index (κ3) is 2.91. The van der Waals surface area contributed by atoms with Crippen LogP contribution in [0.5, 0.6) is 0 Å². The molecule has 1 saturated heterocycles. The number of ether oxygens (including phenoxy) is 1. The van der Waals surface area contributed by atoms with Crippen LogP contribution in [-0.4, -0.2) is 32.4 Å². The van der Waals surface area contributed by atoms with E-state index in [1.165, 1.54) is 29.4 Å². The van der Waals surface area contributed by atoms with Gasteiger partial charge in [-0.25, -0.2) is 4.79 Å². The SMILES string of the molecule is O=c1n(-c2cccc(C3(Cc4nnco4)COC3)c2)cc2c(C(F)(F)F)cccn12. The number of pyridine rings is 1. The molecule has 3 aromatic heterocycles. The maximum atomic E-state index is 13.4. The van der Waals surface area contributed by atoms with Crippen LogP contribution in [0, 0.1) is 0 Å². The van der Waals surface area contributed by atoms with E-state index in [1.807, 2.05) is 6.07 Å². The molecule has 0 aliphatic carbocycles. The van der Waals surface area contributed by atoms with Crippen molar-refractivity contribution in [3.63, 3.8) is 0 Å². The van der Waals surface area contributed by atoms with Crippen LogP contribution in [-0.2, 0) is 22.7 Å². The zero-order valence-electron chi connectivity index (χ0n) is 15.5. The zero-order valence-corrected chi connectivity index (χ0v) is 15.5. The maximum absolute atomic E-state index is 13.4. The van der Waals surface area contributed by atoms with E-state index in [2.05, 4.69) is 10.2 Å². The Labute approximate surface area is 167 Å². The number of imidazole rings is 1. The third-order valence-corrected chi connectivity index (χ3v) is 5.39. The molecule has 0 N–H and O–H groups in total. The topological polar surface area (TPSA) is 74.6 Å². The molecule has 4 heterocycles. The van der Waals surface area contributed by atoms with Gasteiger partial charge in [0.05, 0.1) is 35.4 Å². The van der Waals surface area contributed by atoms with Gasteiger partial charge in [-0.15, -0.1) is 10.2 Å². The van der Waals surface area contributed by atoms with Gasteiger partial charge in [0.15, 0.2) is 0 Å². The van der Waals surface area contributed by atoms with Crippen molar-refractivity contribution in [1.82, 2.24) is 19.2 Å². The fourth-order valence-electron chi connectivity index (χ4n) is 3.80. The van der Waals surface area contributed by atoms with Crippen LogP contribution in [0.15, 0.2) is 64.4 Å². The highest BCUT2D eigenvalue weighted by molar-refractivity contribution is 5.57. The van der Waals surface area contributed by atoms with Crippen molar-refractivity contribution in [2.75, 3.05) is 13.2 Å². The molecule has 0 radical (unpaired) electrons. The standard InChI is InChI=1S/C20H15F3N4O3/c21-20(22,23)15-5-2-6-26-16(15)9-27(18(26)28)14-4-1-3-13(7-14)19(10-29-11-19)8-17-25-24-12-30-17/h1-7,9,12H,8,10-11H2. The first-order chi connectivity index (χ1) is 14.4. The van der Waals surface area contributed by atoms with E-state index in [1.54, 1.807) is 18.2 Å². The molecule has 0 saturated carbocycles. The normalized spacial score (nSPS) is 16.0. The van der Waals surface area contributed by atoms with E-state index < -0.39 is 22.8 Å². The first-order valence-corrected chi connectivity index (χ1v) is 9.11. The number of hydrogen-bond acceptors (Lipinski definition) is 5. The van der Waals surface area contributed by atoms with Gasteiger partial charge in [0.25, 0.3) is 0 Å². The maximum Gasteiger partial charge on any atom is 0.418 e. The second-order valence-electron chi connectivity index (χ2n) is 7.29. The van der Waals surface area contributed by atoms with Gasteiger partial charge in [-0.3, -0.25) is 8.97 Å². The van der Waals surface area contributed by atoms with Crippen molar-refractivity contribution in [2.24, 2.45) is 0 Å². The van der Waals surface area contributed by atoms with E-state index in [0.717, 1.165) is 16.0 Å². The molecular formula is C20H15F3N4O3. The van der Waals surface area contributed by atoms with E-state index in [-0.39, 0.29) is 5.52 Å². The summed E-state index contributed by atoms with van der Waals surface area (Å²) in [6, 6.07) is 9.29. The number of nitrogens with zero attached hydrogens (tertiary/aromatic N) is 4. The van der Waals surface area contributed by atoms with Gasteiger partial charge in [0.2, 0.25) is 12.3 Å². The van der Waals surface area contributed by atoms with Crippen molar-refractivity contribution >= 4 is 5.52 Å². The summed E-state index contributed by atoms with van der Waals surface area (Å²) >= 11 is 0.